The van der Waals surface area contributed by atoms with Gasteiger partial charge in [0.2, 0.25) is 5.89 Å². The van der Waals surface area contributed by atoms with Crippen LogP contribution in [-0.2, 0) is 6.42 Å². The minimum Gasteiger partial charge on any atom is -0.337 e. The number of rotatable bonds is 3. The molecule has 6 heteroatoms. The molecule has 0 radical (unpaired) electrons. The van der Waals surface area contributed by atoms with Crippen LogP contribution < -0.4 is 4.90 Å². The molecule has 1 fully saturated rings. The van der Waals surface area contributed by atoms with Crippen LogP contribution in [-0.4, -0.2) is 48.3 Å². The van der Waals surface area contributed by atoms with Crippen molar-refractivity contribution in [1.29, 1.82) is 5.26 Å². The number of anilines is 1. The molecule has 108 valence electrons. The summed E-state index contributed by atoms with van der Waals surface area (Å²) in [6.45, 7) is 3.87. The van der Waals surface area contributed by atoms with E-state index in [9.17, 15) is 0 Å². The lowest BCUT2D eigenvalue weighted by Crippen LogP contribution is -2.44. The number of piperazine rings is 1. The summed E-state index contributed by atoms with van der Waals surface area (Å²) in [4.78, 5) is 8.89. The largest absolute Gasteiger partial charge is 0.337 e. The van der Waals surface area contributed by atoms with Gasteiger partial charge in [0, 0.05) is 26.2 Å². The number of hydrogen-bond donors (Lipinski definition) is 0. The van der Waals surface area contributed by atoms with Gasteiger partial charge in [0.1, 0.15) is 0 Å². The van der Waals surface area contributed by atoms with Crippen molar-refractivity contribution < 1.29 is 4.52 Å². The van der Waals surface area contributed by atoms with Gasteiger partial charge in [0.15, 0.2) is 0 Å². The minimum absolute atomic E-state index is 0.590. The predicted octanol–water partition coefficient (Wildman–Crippen LogP) is 1.28. The number of aromatic nitrogens is 2. The second kappa shape index (κ2) is 5.94. The van der Waals surface area contributed by atoms with Crippen LogP contribution in [0.5, 0.6) is 0 Å². The third-order valence-electron chi connectivity index (χ3n) is 3.68. The van der Waals surface area contributed by atoms with Crippen molar-refractivity contribution in [3.63, 3.8) is 0 Å². The van der Waals surface area contributed by atoms with Crippen molar-refractivity contribution in [2.24, 2.45) is 0 Å². The summed E-state index contributed by atoms with van der Waals surface area (Å²) in [5.74, 6) is 1.28. The molecule has 0 bridgehead atoms. The molecule has 0 amide bonds. The van der Waals surface area contributed by atoms with Gasteiger partial charge < -0.3 is 14.3 Å². The Labute approximate surface area is 123 Å². The fraction of sp³-hybridized carbons (Fsp3) is 0.400. The van der Waals surface area contributed by atoms with Crippen LogP contribution in [0.3, 0.4) is 0 Å². The van der Waals surface area contributed by atoms with E-state index in [0.717, 1.165) is 31.7 Å². The molecule has 0 aliphatic carbocycles. The molecule has 1 aromatic heterocycles. The molecule has 1 saturated heterocycles. The van der Waals surface area contributed by atoms with E-state index in [1.165, 1.54) is 0 Å². The Kier molecular flexibility index (Phi) is 3.84. The highest BCUT2D eigenvalue weighted by atomic mass is 16.5. The number of likely N-dealkylation sites (N-methyl/N-ethyl adjacent to an activating group) is 1. The van der Waals surface area contributed by atoms with E-state index in [1.54, 1.807) is 12.1 Å². The molecule has 2 aromatic rings. The Hall–Kier alpha value is -2.39. The number of hydrogen-bond acceptors (Lipinski definition) is 6. The first-order valence-corrected chi connectivity index (χ1v) is 7.00. The zero-order valence-corrected chi connectivity index (χ0v) is 12.0. The fourth-order valence-corrected chi connectivity index (χ4v) is 2.32. The lowest BCUT2D eigenvalue weighted by Gasteiger charge is -2.31. The molecule has 1 aromatic carbocycles. The molecular formula is C15H17N5O. The van der Waals surface area contributed by atoms with Crippen LogP contribution in [0.25, 0.3) is 0 Å². The third kappa shape index (κ3) is 3.20. The zero-order valence-electron chi connectivity index (χ0n) is 12.0. The van der Waals surface area contributed by atoms with Crippen molar-refractivity contribution in [2.45, 2.75) is 6.42 Å². The molecule has 0 atom stereocenters. The Morgan fingerprint density at radius 2 is 1.90 bits per heavy atom. The SMILES string of the molecule is CN1CCN(c2noc(Cc3ccc(C#N)cc3)n2)CC1. The van der Waals surface area contributed by atoms with Crippen molar-refractivity contribution in [3.8, 4) is 6.07 Å². The van der Waals surface area contributed by atoms with Gasteiger partial charge in [-0.25, -0.2) is 0 Å². The highest BCUT2D eigenvalue weighted by Gasteiger charge is 2.19. The molecule has 3 rings (SSSR count). The summed E-state index contributed by atoms with van der Waals surface area (Å²) in [5.41, 5.74) is 1.71. The van der Waals surface area contributed by atoms with Crippen molar-refractivity contribution in [2.75, 3.05) is 38.1 Å². The molecule has 0 N–H and O–H groups in total. The second-order valence-corrected chi connectivity index (χ2v) is 5.26. The van der Waals surface area contributed by atoms with Gasteiger partial charge in [-0.3, -0.25) is 0 Å². The van der Waals surface area contributed by atoms with E-state index < -0.39 is 0 Å². The summed E-state index contributed by atoms with van der Waals surface area (Å²) < 4.78 is 5.32. The van der Waals surface area contributed by atoms with Crippen molar-refractivity contribution in [1.82, 2.24) is 15.0 Å². The van der Waals surface area contributed by atoms with Gasteiger partial charge in [-0.2, -0.15) is 10.2 Å². The molecule has 1 aliphatic rings. The first kappa shape index (κ1) is 13.6. The van der Waals surface area contributed by atoms with E-state index in [-0.39, 0.29) is 0 Å². The normalized spacial score (nSPS) is 15.9. The van der Waals surface area contributed by atoms with Crippen LogP contribution in [0.4, 0.5) is 5.95 Å². The molecule has 1 aliphatic heterocycles. The monoisotopic (exact) mass is 283 g/mol. The summed E-state index contributed by atoms with van der Waals surface area (Å²) in [6.07, 6.45) is 0.590. The fourth-order valence-electron chi connectivity index (χ4n) is 2.32. The average molecular weight is 283 g/mol. The van der Waals surface area contributed by atoms with E-state index in [2.05, 4.69) is 33.1 Å². The quantitative estimate of drug-likeness (QED) is 0.845. The first-order valence-electron chi connectivity index (χ1n) is 7.00. The van der Waals surface area contributed by atoms with E-state index in [1.807, 2.05) is 12.1 Å². The molecule has 6 nitrogen and oxygen atoms in total. The van der Waals surface area contributed by atoms with Gasteiger partial charge in [-0.1, -0.05) is 12.1 Å². The minimum atomic E-state index is 0.590. The molecule has 0 saturated carbocycles. The van der Waals surface area contributed by atoms with Gasteiger partial charge >= 0.3 is 0 Å². The van der Waals surface area contributed by atoms with Crippen LogP contribution in [0.1, 0.15) is 17.0 Å². The third-order valence-corrected chi connectivity index (χ3v) is 3.68. The van der Waals surface area contributed by atoms with Gasteiger partial charge in [0.05, 0.1) is 18.1 Å². The Morgan fingerprint density at radius 1 is 1.19 bits per heavy atom. The standard InChI is InChI=1S/C15H17N5O/c1-19-6-8-20(9-7-19)15-17-14(21-18-15)10-12-2-4-13(11-16)5-3-12/h2-5H,6-10H2,1H3. The van der Waals surface area contributed by atoms with Gasteiger partial charge in [-0.15, -0.1) is 0 Å². The van der Waals surface area contributed by atoms with Crippen molar-refractivity contribution in [3.05, 3.63) is 41.3 Å². The Balaban J connectivity index is 1.66. The summed E-state index contributed by atoms with van der Waals surface area (Å²) in [5, 5.41) is 12.8. The molecule has 2 heterocycles. The molecule has 0 unspecified atom stereocenters. The van der Waals surface area contributed by atoms with E-state index in [0.29, 0.717) is 23.8 Å². The highest BCUT2D eigenvalue weighted by Crippen LogP contribution is 2.15. The summed E-state index contributed by atoms with van der Waals surface area (Å²) in [7, 11) is 2.11. The lowest BCUT2D eigenvalue weighted by atomic mass is 10.1. The topological polar surface area (TPSA) is 69.2 Å². The van der Waals surface area contributed by atoms with Crippen molar-refractivity contribution >= 4 is 5.95 Å². The molecule has 21 heavy (non-hydrogen) atoms. The highest BCUT2D eigenvalue weighted by molar-refractivity contribution is 5.33. The van der Waals surface area contributed by atoms with Crippen LogP contribution in [0, 0.1) is 11.3 Å². The first-order chi connectivity index (χ1) is 10.2. The molecular weight excluding hydrogens is 266 g/mol. The van der Waals surface area contributed by atoms with Crippen LogP contribution in [0.2, 0.25) is 0 Å². The summed E-state index contributed by atoms with van der Waals surface area (Å²) >= 11 is 0. The molecule has 0 spiro atoms. The maximum atomic E-state index is 8.78. The van der Waals surface area contributed by atoms with Gasteiger partial charge in [-0.05, 0) is 29.9 Å². The summed E-state index contributed by atoms with van der Waals surface area (Å²) in [6, 6.07) is 9.53. The van der Waals surface area contributed by atoms with Crippen LogP contribution >= 0.6 is 0 Å². The second-order valence-electron chi connectivity index (χ2n) is 5.26. The number of nitriles is 1. The van der Waals surface area contributed by atoms with E-state index >= 15 is 0 Å². The van der Waals surface area contributed by atoms with E-state index in [4.69, 9.17) is 9.78 Å². The predicted molar refractivity (Wildman–Crippen MR) is 78.0 cm³/mol. The maximum Gasteiger partial charge on any atom is 0.266 e. The Bertz CT molecular complexity index is 635. The smallest absolute Gasteiger partial charge is 0.266 e. The number of benzene rings is 1. The lowest BCUT2D eigenvalue weighted by molar-refractivity contribution is 0.308. The van der Waals surface area contributed by atoms with Crippen LogP contribution in [0.15, 0.2) is 28.8 Å². The zero-order chi connectivity index (χ0) is 14.7. The maximum absolute atomic E-state index is 8.78. The average Bonchev–Trinajstić information content (AvgIpc) is 2.97. The van der Waals surface area contributed by atoms with Gasteiger partial charge in [0.25, 0.3) is 5.95 Å². The Morgan fingerprint density at radius 3 is 2.57 bits per heavy atom. The number of nitrogens with zero attached hydrogens (tertiary/aromatic N) is 5.